The first-order valence-corrected chi connectivity index (χ1v) is 6.43. The highest BCUT2D eigenvalue weighted by molar-refractivity contribution is 4.95. The zero-order valence-corrected chi connectivity index (χ0v) is 10.4. The van der Waals surface area contributed by atoms with E-state index in [-0.39, 0.29) is 0 Å². The van der Waals surface area contributed by atoms with Crippen molar-refractivity contribution in [2.24, 2.45) is 0 Å². The van der Waals surface area contributed by atoms with E-state index in [1.165, 1.54) is 51.4 Å². The molecule has 0 N–H and O–H groups in total. The highest BCUT2D eigenvalue weighted by Gasteiger charge is 1.94. The monoisotopic (exact) mass is 195 g/mol. The molecule has 0 nitrogen and oxygen atoms in total. The van der Waals surface area contributed by atoms with Gasteiger partial charge in [0.05, 0.1) is 0 Å². The summed E-state index contributed by atoms with van der Waals surface area (Å²) in [5, 5.41) is 0. The van der Waals surface area contributed by atoms with E-state index in [1.54, 1.807) is 5.57 Å². The summed E-state index contributed by atoms with van der Waals surface area (Å²) in [6.07, 6.45) is 15.4. The molecule has 0 aliphatic heterocycles. The molecule has 0 aromatic heterocycles. The van der Waals surface area contributed by atoms with Gasteiger partial charge >= 0.3 is 0 Å². The molecule has 0 rings (SSSR count). The van der Waals surface area contributed by atoms with Crippen LogP contribution in [-0.4, -0.2) is 0 Å². The quantitative estimate of drug-likeness (QED) is 0.439. The van der Waals surface area contributed by atoms with Gasteiger partial charge in [0.1, 0.15) is 0 Å². The second-order valence-corrected chi connectivity index (χ2v) is 4.01. The Kier molecular flexibility index (Phi) is 10.6. The Bertz CT molecular complexity index is 133. The molecule has 0 spiro atoms. The molecular weight excluding hydrogens is 168 g/mol. The third kappa shape index (κ3) is 8.34. The molecule has 0 unspecified atom stereocenters. The summed E-state index contributed by atoms with van der Waals surface area (Å²) < 4.78 is 0. The topological polar surface area (TPSA) is 0 Å². The number of hydrogen-bond donors (Lipinski definition) is 0. The van der Waals surface area contributed by atoms with E-state index >= 15 is 0 Å². The van der Waals surface area contributed by atoms with Crippen molar-refractivity contribution in [3.63, 3.8) is 0 Å². The molecule has 0 aromatic rings. The van der Waals surface area contributed by atoms with Gasteiger partial charge in [0.15, 0.2) is 0 Å². The molecule has 0 aliphatic rings. The van der Waals surface area contributed by atoms with Gasteiger partial charge in [0, 0.05) is 0 Å². The lowest BCUT2D eigenvalue weighted by Crippen LogP contribution is -1.84. The molecule has 0 aliphatic carbocycles. The van der Waals surface area contributed by atoms with Gasteiger partial charge in [0.25, 0.3) is 0 Å². The molecule has 14 heavy (non-hydrogen) atoms. The fourth-order valence-corrected chi connectivity index (χ4v) is 1.76. The molecule has 0 fully saturated rings. The normalized spacial score (nSPS) is 12.1. The van der Waals surface area contributed by atoms with Crippen LogP contribution in [0.5, 0.6) is 0 Å². The summed E-state index contributed by atoms with van der Waals surface area (Å²) in [7, 11) is 0. The third-order valence-corrected chi connectivity index (χ3v) is 2.69. The maximum absolute atomic E-state index is 3.45. The summed E-state index contributed by atoms with van der Waals surface area (Å²) >= 11 is 0. The molecule has 0 saturated carbocycles. The van der Waals surface area contributed by atoms with Gasteiger partial charge in [-0.15, -0.1) is 0 Å². The van der Waals surface area contributed by atoms with Crippen molar-refractivity contribution in [3.05, 3.63) is 11.6 Å². The van der Waals surface area contributed by atoms with E-state index in [0.717, 1.165) is 6.42 Å². The molecule has 0 heterocycles. The Balaban J connectivity index is 3.29. The van der Waals surface area contributed by atoms with Crippen LogP contribution in [0.25, 0.3) is 0 Å². The van der Waals surface area contributed by atoms with Crippen molar-refractivity contribution in [1.29, 1.82) is 0 Å². The lowest BCUT2D eigenvalue weighted by molar-refractivity contribution is 0.602. The lowest BCUT2D eigenvalue weighted by atomic mass is 10.0. The summed E-state index contributed by atoms with van der Waals surface area (Å²) in [5.74, 6) is 0. The Morgan fingerprint density at radius 1 is 0.857 bits per heavy atom. The Labute approximate surface area is 90.8 Å². The average Bonchev–Trinajstić information content (AvgIpc) is 2.21. The molecule has 0 aromatic carbocycles. The molecule has 0 amide bonds. The van der Waals surface area contributed by atoms with Crippen molar-refractivity contribution in [2.75, 3.05) is 0 Å². The molecular formula is C14H27. The van der Waals surface area contributed by atoms with Crippen LogP contribution in [0, 0.1) is 6.08 Å². The van der Waals surface area contributed by atoms with E-state index < -0.39 is 0 Å². The van der Waals surface area contributed by atoms with Gasteiger partial charge in [-0.1, -0.05) is 58.4 Å². The van der Waals surface area contributed by atoms with E-state index in [4.69, 9.17) is 0 Å². The average molecular weight is 195 g/mol. The predicted octanol–water partition coefficient (Wildman–Crippen LogP) is 5.29. The Morgan fingerprint density at radius 3 is 2.07 bits per heavy atom. The highest BCUT2D eigenvalue weighted by Crippen LogP contribution is 2.14. The first-order valence-electron chi connectivity index (χ1n) is 6.43. The zero-order valence-electron chi connectivity index (χ0n) is 10.4. The smallest absolute Gasteiger partial charge is 0.0305 e. The van der Waals surface area contributed by atoms with Crippen molar-refractivity contribution >= 4 is 0 Å². The molecule has 0 saturated heterocycles. The van der Waals surface area contributed by atoms with Crippen molar-refractivity contribution < 1.29 is 0 Å². The summed E-state index contributed by atoms with van der Waals surface area (Å²) in [5.41, 5.74) is 1.54. The first kappa shape index (κ1) is 13.7. The number of unbranched alkanes of at least 4 members (excludes halogenated alkanes) is 5. The fraction of sp³-hybridized carbons (Fsp3) is 0.857. The molecule has 83 valence electrons. The fourth-order valence-electron chi connectivity index (χ4n) is 1.76. The first-order chi connectivity index (χ1) is 6.85. The van der Waals surface area contributed by atoms with Crippen LogP contribution in [0.3, 0.4) is 0 Å². The predicted molar refractivity (Wildman–Crippen MR) is 65.3 cm³/mol. The largest absolute Gasteiger partial charge is 0.0670 e. The second kappa shape index (κ2) is 10.8. The minimum Gasteiger partial charge on any atom is -0.0670 e. The second-order valence-electron chi connectivity index (χ2n) is 4.01. The number of allylic oxidation sites excluding steroid dienone is 2. The lowest BCUT2D eigenvalue weighted by Gasteiger charge is -2.03. The number of rotatable bonds is 9. The minimum absolute atomic E-state index is 1.08. The van der Waals surface area contributed by atoms with Gasteiger partial charge < -0.3 is 0 Å². The Morgan fingerprint density at radius 2 is 1.50 bits per heavy atom. The van der Waals surface area contributed by atoms with E-state index in [2.05, 4.69) is 26.8 Å². The van der Waals surface area contributed by atoms with E-state index in [0.29, 0.717) is 0 Å². The van der Waals surface area contributed by atoms with Gasteiger partial charge in [-0.25, -0.2) is 0 Å². The molecule has 1 radical (unpaired) electrons. The van der Waals surface area contributed by atoms with Crippen LogP contribution >= 0.6 is 0 Å². The van der Waals surface area contributed by atoms with Crippen molar-refractivity contribution in [1.82, 2.24) is 0 Å². The van der Waals surface area contributed by atoms with E-state index in [1.807, 2.05) is 0 Å². The SMILES string of the molecule is CC/[C]=C(/CC)CCCCCCCC. The molecule has 0 bridgehead atoms. The standard InChI is InChI=1S/C14H27/c1-4-7-8-9-10-11-13-14(6-3)12-5-2/h4-11,13H2,1-3H3. The highest BCUT2D eigenvalue weighted by atomic mass is 14.0. The van der Waals surface area contributed by atoms with E-state index in [9.17, 15) is 0 Å². The van der Waals surface area contributed by atoms with Gasteiger partial charge in [-0.3, -0.25) is 0 Å². The maximum atomic E-state index is 3.45. The summed E-state index contributed by atoms with van der Waals surface area (Å²) in [4.78, 5) is 0. The van der Waals surface area contributed by atoms with Crippen LogP contribution < -0.4 is 0 Å². The minimum atomic E-state index is 1.08. The Hall–Kier alpha value is -0.260. The van der Waals surface area contributed by atoms with Crippen molar-refractivity contribution in [2.45, 2.75) is 78.6 Å². The molecule has 0 heteroatoms. The summed E-state index contributed by atoms with van der Waals surface area (Å²) in [6, 6.07) is 0. The van der Waals surface area contributed by atoms with Crippen LogP contribution in [-0.2, 0) is 0 Å². The zero-order chi connectivity index (χ0) is 10.6. The van der Waals surface area contributed by atoms with Crippen LogP contribution in [0.1, 0.15) is 78.6 Å². The van der Waals surface area contributed by atoms with Gasteiger partial charge in [-0.2, -0.15) is 0 Å². The van der Waals surface area contributed by atoms with Crippen LogP contribution in [0.4, 0.5) is 0 Å². The number of hydrogen-bond acceptors (Lipinski definition) is 0. The third-order valence-electron chi connectivity index (χ3n) is 2.69. The summed E-state index contributed by atoms with van der Waals surface area (Å²) in [6.45, 7) is 6.69. The van der Waals surface area contributed by atoms with Crippen molar-refractivity contribution in [3.8, 4) is 0 Å². The van der Waals surface area contributed by atoms with Gasteiger partial charge in [0.2, 0.25) is 0 Å². The van der Waals surface area contributed by atoms with Gasteiger partial charge in [-0.05, 0) is 31.8 Å². The van der Waals surface area contributed by atoms with Crippen LogP contribution in [0.2, 0.25) is 0 Å². The van der Waals surface area contributed by atoms with Crippen LogP contribution in [0.15, 0.2) is 5.57 Å². The maximum Gasteiger partial charge on any atom is -0.0305 e. The molecule has 0 atom stereocenters.